The van der Waals surface area contributed by atoms with E-state index in [4.69, 9.17) is 0 Å². The molecule has 0 spiro atoms. The van der Waals surface area contributed by atoms with E-state index in [0.717, 1.165) is 26.2 Å². The number of aromatic nitrogens is 8. The van der Waals surface area contributed by atoms with Gasteiger partial charge in [-0.3, -0.25) is 0 Å². The summed E-state index contributed by atoms with van der Waals surface area (Å²) in [6, 6.07) is 0. The average molecular weight is 1150 g/mol. The summed E-state index contributed by atoms with van der Waals surface area (Å²) in [6.07, 6.45) is 79.5. The van der Waals surface area contributed by atoms with Gasteiger partial charge in [0.2, 0.25) is 0 Å². The molecule has 0 aromatic carbocycles. The number of imidazole rings is 4. The molecule has 0 N–H and O–H groups in total. The van der Waals surface area contributed by atoms with Gasteiger partial charge < -0.3 is 18.3 Å². The Kier molecular flexibility index (Phi) is 51.4. The molecule has 0 amide bonds. The molecule has 0 saturated carbocycles. The second kappa shape index (κ2) is 51.8. The van der Waals surface area contributed by atoms with E-state index in [0.29, 0.717) is 0 Å². The number of halogens is 6. The average Bonchev–Trinajstić information content (AvgIpc) is 4.25. The topological polar surface area (TPSA) is 71.3 Å². The maximum absolute atomic E-state index is 10.7. The van der Waals surface area contributed by atoms with E-state index < -0.39 is 7.81 Å². The predicted molar refractivity (Wildman–Crippen MR) is 310 cm³/mol. The van der Waals surface area contributed by atoms with Crippen LogP contribution in [0.1, 0.15) is 285 Å². The van der Waals surface area contributed by atoms with E-state index in [1.165, 1.54) is 257 Å². The minimum Gasteiger partial charge on any atom is 1.00 e. The maximum Gasteiger partial charge on any atom is 1.00 e. The molecule has 0 radical (unpaired) electrons. The van der Waals surface area contributed by atoms with Crippen molar-refractivity contribution in [1.29, 1.82) is 0 Å². The van der Waals surface area contributed by atoms with Crippen molar-refractivity contribution in [3.05, 3.63) is 74.9 Å². The van der Waals surface area contributed by atoms with Crippen LogP contribution in [-0.4, -0.2) is 38.2 Å². The molecular weight excluding hydrogens is 1040 g/mol. The monoisotopic (exact) mass is 1150 g/mol. The number of nitrogens with zero attached hydrogens (tertiary/aromatic N) is 8. The maximum atomic E-state index is 9.87. The summed E-state index contributed by atoms with van der Waals surface area (Å²) in [6.45, 7) is 13.7. The Balaban J connectivity index is 0. The number of hydrogen-bond acceptors (Lipinski definition) is 4. The second-order valence-corrected chi connectivity index (χ2v) is 22.8. The standard InChI is InChI=1S/4C15H28N2.Cu.F6P/c4*1-2-3-4-5-6-7-8-9-10-11-13-17-14-12-16-15-17;;1-7(2,3,4,5)6/h4*12,14-15H,2-11,13H2,1H3;;/q;;;;+1;-1. The van der Waals surface area contributed by atoms with Gasteiger partial charge in [-0.25, -0.2) is 19.9 Å². The summed E-state index contributed by atoms with van der Waals surface area (Å²) in [5.74, 6) is 0. The first-order valence-electron chi connectivity index (χ1n) is 30.6. The summed E-state index contributed by atoms with van der Waals surface area (Å²) in [4.78, 5) is 16.2. The van der Waals surface area contributed by atoms with Crippen LogP contribution in [0.5, 0.6) is 0 Å². The number of hydrogen-bond donors (Lipinski definition) is 0. The van der Waals surface area contributed by atoms with Gasteiger partial charge >= 0.3 is 50.1 Å². The zero-order valence-corrected chi connectivity index (χ0v) is 50.5. The summed E-state index contributed by atoms with van der Waals surface area (Å²) in [5.41, 5.74) is 0. The molecular formula is C60H112CuF6N8P. The molecule has 0 saturated heterocycles. The molecule has 4 rings (SSSR count). The van der Waals surface area contributed by atoms with Crippen molar-refractivity contribution in [2.45, 2.75) is 311 Å². The van der Waals surface area contributed by atoms with E-state index in [1.54, 1.807) is 0 Å². The van der Waals surface area contributed by atoms with E-state index in [9.17, 15) is 25.2 Å². The van der Waals surface area contributed by atoms with Gasteiger partial charge in [0.25, 0.3) is 0 Å². The Labute approximate surface area is 471 Å². The van der Waals surface area contributed by atoms with Crippen molar-refractivity contribution in [3.63, 3.8) is 0 Å². The Morgan fingerprint density at radius 3 is 0.500 bits per heavy atom. The predicted octanol–water partition coefficient (Wildman–Crippen LogP) is 22.6. The van der Waals surface area contributed by atoms with Crippen LogP contribution in [0.25, 0.3) is 0 Å². The molecule has 450 valence electrons. The van der Waals surface area contributed by atoms with Gasteiger partial charge in [0.05, 0.1) is 25.3 Å². The van der Waals surface area contributed by atoms with Crippen molar-refractivity contribution in [1.82, 2.24) is 38.2 Å². The van der Waals surface area contributed by atoms with Crippen LogP contribution in [0, 0.1) is 0 Å². The van der Waals surface area contributed by atoms with Crippen LogP contribution in [0.4, 0.5) is 25.2 Å². The van der Waals surface area contributed by atoms with Gasteiger partial charge in [-0.05, 0) is 25.7 Å². The molecule has 8 nitrogen and oxygen atoms in total. The van der Waals surface area contributed by atoms with Crippen LogP contribution < -0.4 is 0 Å². The first-order valence-corrected chi connectivity index (χ1v) is 32.6. The molecule has 0 bridgehead atoms. The van der Waals surface area contributed by atoms with Gasteiger partial charge in [0, 0.05) is 75.8 Å². The molecule has 16 heteroatoms. The third-order valence-corrected chi connectivity index (χ3v) is 13.3. The Bertz CT molecular complexity index is 1420. The molecule has 4 heterocycles. The van der Waals surface area contributed by atoms with E-state index in [1.807, 2.05) is 74.9 Å². The Morgan fingerprint density at radius 2 is 0.382 bits per heavy atom. The second-order valence-electron chi connectivity index (χ2n) is 20.9. The molecule has 4 aromatic rings. The molecule has 0 atom stereocenters. The van der Waals surface area contributed by atoms with Gasteiger partial charge in [-0.15, -0.1) is 0 Å². The van der Waals surface area contributed by atoms with Gasteiger partial charge in [-0.1, -0.05) is 259 Å². The summed E-state index contributed by atoms with van der Waals surface area (Å²) in [5, 5.41) is 0. The van der Waals surface area contributed by atoms with Crippen LogP contribution in [-0.2, 0) is 43.2 Å². The van der Waals surface area contributed by atoms with Gasteiger partial charge in [-0.2, -0.15) is 0 Å². The van der Waals surface area contributed by atoms with Gasteiger partial charge in [0.1, 0.15) is 0 Å². The van der Waals surface area contributed by atoms with Gasteiger partial charge in [0.15, 0.2) is 0 Å². The van der Waals surface area contributed by atoms with Crippen LogP contribution in [0.3, 0.4) is 0 Å². The first kappa shape index (κ1) is 75.4. The fourth-order valence-electron chi connectivity index (χ4n) is 8.80. The SMILES string of the molecule is CCCCCCCCCCCCn1ccnc1.CCCCCCCCCCCCn1ccnc1.CCCCCCCCCCCCn1ccnc1.CCCCCCCCCCCCn1ccnc1.F[P-](F)(F)(F)(F)F.[Cu+]. The van der Waals surface area contributed by atoms with E-state index >= 15 is 0 Å². The van der Waals surface area contributed by atoms with Crippen molar-refractivity contribution in [2.75, 3.05) is 0 Å². The zero-order chi connectivity index (χ0) is 55.1. The molecule has 4 aromatic heterocycles. The third kappa shape index (κ3) is 65.7. The van der Waals surface area contributed by atoms with Crippen molar-refractivity contribution >= 4 is 7.81 Å². The number of unbranched alkanes of at least 4 members (excludes halogenated alkanes) is 36. The quantitative estimate of drug-likeness (QED) is 0.0191. The molecule has 76 heavy (non-hydrogen) atoms. The third-order valence-electron chi connectivity index (χ3n) is 13.3. The first-order chi connectivity index (χ1) is 36.2. The molecule has 0 aliphatic rings. The molecule has 0 aliphatic carbocycles. The van der Waals surface area contributed by atoms with Crippen molar-refractivity contribution in [3.8, 4) is 0 Å². The minimum atomic E-state index is -10.7. The van der Waals surface area contributed by atoms with E-state index in [-0.39, 0.29) is 17.1 Å². The molecule has 0 fully saturated rings. The molecule has 0 aliphatic heterocycles. The van der Waals surface area contributed by atoms with Crippen molar-refractivity contribution in [2.24, 2.45) is 0 Å². The minimum absolute atomic E-state index is 0. The zero-order valence-electron chi connectivity index (χ0n) is 48.6. The summed E-state index contributed by atoms with van der Waals surface area (Å²) in [7, 11) is -10.7. The fourth-order valence-corrected chi connectivity index (χ4v) is 8.80. The summed E-state index contributed by atoms with van der Waals surface area (Å²) >= 11 is 0. The van der Waals surface area contributed by atoms with E-state index in [2.05, 4.69) is 65.9 Å². The Morgan fingerprint density at radius 1 is 0.250 bits per heavy atom. The van der Waals surface area contributed by atoms with Crippen LogP contribution >= 0.6 is 7.81 Å². The van der Waals surface area contributed by atoms with Crippen LogP contribution in [0.2, 0.25) is 0 Å². The van der Waals surface area contributed by atoms with Crippen molar-refractivity contribution < 1.29 is 42.3 Å². The number of aryl methyl sites for hydroxylation is 4. The fraction of sp³-hybridized carbons (Fsp3) is 0.800. The number of rotatable bonds is 44. The smallest absolute Gasteiger partial charge is 1.00 e. The van der Waals surface area contributed by atoms with Crippen LogP contribution in [0.15, 0.2) is 74.9 Å². The Hall–Kier alpha value is -2.63. The normalized spacial score (nSPS) is 11.9. The largest absolute Gasteiger partial charge is 1.00 e. The summed E-state index contributed by atoms with van der Waals surface area (Å²) < 4.78 is 67.9. The molecule has 0 unspecified atom stereocenters.